The second kappa shape index (κ2) is 9.59. The Balaban J connectivity index is 1.50. The lowest BCUT2D eigenvalue weighted by molar-refractivity contribution is 0.362. The third kappa shape index (κ3) is 3.58. The number of ether oxygens (including phenoxy) is 1. The maximum atomic E-state index is 13.7. The Bertz CT molecular complexity index is 2670. The van der Waals surface area contributed by atoms with Crippen molar-refractivity contribution >= 4 is 45.9 Å². The number of hydrogen-bond acceptors (Lipinski definition) is 12. The number of fused-ring (bicyclic) bond motifs is 4. The first-order chi connectivity index (χ1) is 21.5. The Morgan fingerprint density at radius 1 is 1.00 bits per heavy atom. The number of aliphatic hydroxyl groups excluding tert-OH is 2. The summed E-state index contributed by atoms with van der Waals surface area (Å²) in [4.78, 5) is 73.0. The van der Waals surface area contributed by atoms with E-state index in [1.165, 1.54) is 12.3 Å². The fourth-order valence-electron chi connectivity index (χ4n) is 6.48. The Hall–Kier alpha value is -5.82. The molecule has 13 nitrogen and oxygen atoms in total. The molecule has 4 aliphatic rings. The van der Waals surface area contributed by atoms with Gasteiger partial charge in [-0.05, 0) is 36.6 Å². The highest BCUT2D eigenvalue weighted by Gasteiger charge is 2.53. The summed E-state index contributed by atoms with van der Waals surface area (Å²) in [6.07, 6.45) is 2.73. The molecule has 45 heavy (non-hydrogen) atoms. The average molecular weight is 627 g/mol. The predicted octanol–water partition coefficient (Wildman–Crippen LogP) is 0.00808. The zero-order valence-corrected chi connectivity index (χ0v) is 23.8. The van der Waals surface area contributed by atoms with E-state index in [4.69, 9.17) is 16.3 Å². The number of pyridine rings is 2. The van der Waals surface area contributed by atoms with Crippen LogP contribution in [0.15, 0.2) is 65.6 Å². The van der Waals surface area contributed by atoms with E-state index in [-0.39, 0.29) is 45.5 Å². The summed E-state index contributed by atoms with van der Waals surface area (Å²) >= 11 is 6.79. The van der Waals surface area contributed by atoms with E-state index in [1.807, 2.05) is 0 Å². The number of aliphatic hydroxyl groups is 2. The molecule has 5 N–H and O–H groups in total. The number of H-pyrrole nitrogens is 1. The summed E-state index contributed by atoms with van der Waals surface area (Å²) < 4.78 is 4.90. The zero-order chi connectivity index (χ0) is 31.9. The fourth-order valence-corrected chi connectivity index (χ4v) is 6.82. The number of hydrogen-bond donors (Lipinski definition) is 5. The van der Waals surface area contributed by atoms with Crippen molar-refractivity contribution in [1.29, 1.82) is 0 Å². The number of aromatic amines is 1. The van der Waals surface area contributed by atoms with Gasteiger partial charge >= 0.3 is 0 Å². The van der Waals surface area contributed by atoms with Gasteiger partial charge < -0.3 is 25.0 Å². The minimum atomic E-state index is -2.06. The number of phenolic OH excluding ortho intramolecular Hbond substituents is 1. The van der Waals surface area contributed by atoms with Gasteiger partial charge in [-0.3, -0.25) is 29.4 Å². The standard InChI is InChI=1S/C31H19ClN4O9/c1-45-15-9-14(37)18-19(24(15)38)26(40)21-20(25(18)39)28(42)31(29(21)43)6-5-12-22(31)27(41)17-13(23(12)32)8-11(35-30(17)44)10-34-36-16-4-2-3-7-33-16/h2-4,7-10,41-43H,5-6H2,1H3,(H,33,36)(H,35,44)/t31-/m0/s1. The number of nitrogens with zero attached hydrogens (tertiary/aromatic N) is 2. The Labute approximate surface area is 253 Å². The minimum absolute atomic E-state index is 0.0212. The molecule has 0 bridgehead atoms. The largest absolute Gasteiger partial charge is 0.510 e. The number of halogens is 1. The summed E-state index contributed by atoms with van der Waals surface area (Å²) in [5.41, 5.74) is -4.19. The number of aromatic hydroxyl groups is 1. The quantitative estimate of drug-likeness (QED) is 0.133. The first-order valence-electron chi connectivity index (χ1n) is 13.4. The molecule has 0 fully saturated rings. The van der Waals surface area contributed by atoms with Crippen LogP contribution in [0.4, 0.5) is 5.82 Å². The molecular formula is C31H19ClN4O9. The maximum Gasteiger partial charge on any atom is 0.260 e. The number of anilines is 1. The van der Waals surface area contributed by atoms with Crippen LogP contribution < -0.4 is 47.9 Å². The van der Waals surface area contributed by atoms with Crippen molar-refractivity contribution in [1.82, 2.24) is 9.97 Å². The van der Waals surface area contributed by atoms with E-state index < -0.39 is 76.6 Å². The molecule has 4 aliphatic carbocycles. The highest BCUT2D eigenvalue weighted by Crippen LogP contribution is 2.56. The van der Waals surface area contributed by atoms with E-state index in [0.717, 1.165) is 13.2 Å². The van der Waals surface area contributed by atoms with Crippen LogP contribution in [0.1, 0.15) is 23.2 Å². The van der Waals surface area contributed by atoms with E-state index in [2.05, 4.69) is 20.5 Å². The first-order valence-corrected chi connectivity index (χ1v) is 13.8. The van der Waals surface area contributed by atoms with E-state index in [9.17, 15) is 39.3 Å². The summed E-state index contributed by atoms with van der Waals surface area (Å²) in [5.74, 6) is -2.30. The van der Waals surface area contributed by atoms with Gasteiger partial charge in [-0.2, -0.15) is 5.10 Å². The molecule has 0 saturated carbocycles. The van der Waals surface area contributed by atoms with Gasteiger partial charge in [0.05, 0.1) is 50.3 Å². The second-order valence-corrected chi connectivity index (χ2v) is 11.0. The first kappa shape index (κ1) is 28.0. The molecule has 0 saturated heterocycles. The summed E-state index contributed by atoms with van der Waals surface area (Å²) in [5, 5.41) is 35.8. The van der Waals surface area contributed by atoms with Crippen LogP contribution in [0.3, 0.4) is 0 Å². The monoisotopic (exact) mass is 626 g/mol. The lowest BCUT2D eigenvalue weighted by Crippen LogP contribution is -2.51. The van der Waals surface area contributed by atoms with Crippen molar-refractivity contribution in [3.8, 4) is 11.5 Å². The molecule has 7 rings (SSSR count). The molecule has 1 atom stereocenters. The van der Waals surface area contributed by atoms with Crippen LogP contribution in [0.25, 0.3) is 22.3 Å². The lowest BCUT2D eigenvalue weighted by Gasteiger charge is -2.27. The van der Waals surface area contributed by atoms with E-state index in [0.29, 0.717) is 5.82 Å². The third-order valence-electron chi connectivity index (χ3n) is 8.43. The van der Waals surface area contributed by atoms with Gasteiger partial charge in [0.25, 0.3) is 5.56 Å². The average Bonchev–Trinajstić information content (AvgIpc) is 3.53. The number of phenols is 1. The number of hydrazone groups is 1. The zero-order valence-electron chi connectivity index (χ0n) is 23.0. The van der Waals surface area contributed by atoms with Gasteiger partial charge in [0.1, 0.15) is 28.5 Å². The molecule has 14 heteroatoms. The number of nitrogens with one attached hydrogen (secondary N) is 2. The van der Waals surface area contributed by atoms with Crippen molar-refractivity contribution < 1.29 is 20.1 Å². The Kier molecular flexibility index (Phi) is 5.96. The SMILES string of the molecule is COc1cc(=O)c2c(=O)c3c(c(=O)c=2c1=O)=C(O)[C@]1(CCc2c1c(O)c1c(=O)[nH]c(C=NNc4ccccn4)cc1c2Cl)C=3O. The van der Waals surface area contributed by atoms with Crippen molar-refractivity contribution in [2.75, 3.05) is 12.5 Å². The third-order valence-corrected chi connectivity index (χ3v) is 8.86. The highest BCUT2D eigenvalue weighted by molar-refractivity contribution is 6.37. The summed E-state index contributed by atoms with van der Waals surface area (Å²) in [6.45, 7) is 0. The molecule has 224 valence electrons. The van der Waals surface area contributed by atoms with Crippen LogP contribution >= 0.6 is 11.6 Å². The van der Waals surface area contributed by atoms with Crippen molar-refractivity contribution in [2.24, 2.45) is 5.10 Å². The fraction of sp³-hybridized carbons (Fsp3) is 0.129. The van der Waals surface area contributed by atoms with Crippen molar-refractivity contribution in [3.05, 3.63) is 130 Å². The van der Waals surface area contributed by atoms with E-state index >= 15 is 0 Å². The Morgan fingerprint density at radius 3 is 2.38 bits per heavy atom. The highest BCUT2D eigenvalue weighted by atomic mass is 35.5. The van der Waals surface area contributed by atoms with Crippen LogP contribution in [-0.4, -0.2) is 38.6 Å². The van der Waals surface area contributed by atoms with Crippen LogP contribution in [0, 0.1) is 10.4 Å². The van der Waals surface area contributed by atoms with Gasteiger partial charge in [0.15, 0.2) is 11.2 Å². The summed E-state index contributed by atoms with van der Waals surface area (Å²) in [6, 6.07) is 7.41. The molecule has 0 amide bonds. The van der Waals surface area contributed by atoms with Gasteiger partial charge in [0, 0.05) is 23.2 Å². The molecule has 3 aromatic rings. The van der Waals surface area contributed by atoms with Crippen molar-refractivity contribution in [2.45, 2.75) is 18.3 Å². The molecule has 0 radical (unpaired) electrons. The topological polar surface area (TPSA) is 208 Å². The minimum Gasteiger partial charge on any atom is -0.510 e. The number of benzene rings is 1. The summed E-state index contributed by atoms with van der Waals surface area (Å²) in [7, 11) is 1.11. The number of methoxy groups -OCH3 is 1. The smallest absolute Gasteiger partial charge is 0.260 e. The van der Waals surface area contributed by atoms with Crippen LogP contribution in [-0.2, 0) is 11.8 Å². The lowest BCUT2D eigenvalue weighted by atomic mass is 9.78. The van der Waals surface area contributed by atoms with Crippen molar-refractivity contribution in [3.63, 3.8) is 0 Å². The van der Waals surface area contributed by atoms with Crippen LogP contribution in [0.2, 0.25) is 5.02 Å². The molecule has 0 aliphatic heterocycles. The van der Waals surface area contributed by atoms with Crippen LogP contribution in [0.5, 0.6) is 11.5 Å². The molecule has 2 heterocycles. The number of aromatic nitrogens is 2. The second-order valence-electron chi connectivity index (χ2n) is 10.6. The Morgan fingerprint density at radius 2 is 1.71 bits per heavy atom. The molecule has 0 unspecified atom stereocenters. The van der Waals surface area contributed by atoms with E-state index in [1.54, 1.807) is 24.4 Å². The molecule has 1 spiro atoms. The predicted molar refractivity (Wildman–Crippen MR) is 164 cm³/mol. The van der Waals surface area contributed by atoms with Gasteiger partial charge in [-0.15, -0.1) is 0 Å². The van der Waals surface area contributed by atoms with Gasteiger partial charge in [-0.25, -0.2) is 4.98 Å². The normalized spacial score (nSPS) is 17.1. The maximum absolute atomic E-state index is 13.7. The molecule has 1 aromatic carbocycles. The van der Waals surface area contributed by atoms with Gasteiger partial charge in [-0.1, -0.05) is 17.7 Å². The number of rotatable bonds is 4. The molecular weight excluding hydrogens is 608 g/mol. The van der Waals surface area contributed by atoms with Gasteiger partial charge in [0.2, 0.25) is 16.3 Å². The molecule has 2 aromatic heterocycles.